The Morgan fingerprint density at radius 3 is 2.23 bits per heavy atom. The predicted octanol–water partition coefficient (Wildman–Crippen LogP) is 3.67. The summed E-state index contributed by atoms with van der Waals surface area (Å²) in [6.45, 7) is 3.22. The third-order valence-corrected chi connectivity index (χ3v) is 4.62. The smallest absolute Gasteiger partial charge is 0.217 e. The van der Waals surface area contributed by atoms with Crippen molar-refractivity contribution < 1.29 is 19.5 Å². The largest absolute Gasteiger partial charge is 0.394 e. The minimum absolute atomic E-state index is 0.278. The van der Waals surface area contributed by atoms with Crippen LogP contribution in [-0.4, -0.2) is 33.9 Å². The van der Waals surface area contributed by atoms with E-state index in [2.05, 4.69) is 17.4 Å². The molecule has 0 aliphatic carbocycles. The Kier molecular flexibility index (Phi) is 12.0. The zero-order valence-corrected chi connectivity index (χ0v) is 16.4. The first kappa shape index (κ1) is 22.6. The lowest BCUT2D eigenvalue weighted by atomic mass is 10.0. The van der Waals surface area contributed by atoms with Crippen LogP contribution in [0.15, 0.2) is 10.6 Å². The molecule has 3 N–H and O–H groups in total. The van der Waals surface area contributed by atoms with Crippen molar-refractivity contribution in [2.24, 2.45) is 0 Å². The number of hydrogen-bond acceptors (Lipinski definition) is 5. The zero-order chi connectivity index (χ0) is 19.2. The first-order chi connectivity index (χ1) is 12.6. The second kappa shape index (κ2) is 13.8. The van der Waals surface area contributed by atoms with E-state index in [1.807, 2.05) is 0 Å². The van der Waals surface area contributed by atoms with Crippen molar-refractivity contribution in [3.8, 4) is 0 Å². The number of nitrogens with one attached hydrogen (secondary N) is 1. The lowest BCUT2D eigenvalue weighted by Gasteiger charge is -2.18. The number of aryl methyl sites for hydroxylation is 1. The highest BCUT2D eigenvalue weighted by atomic mass is 16.5. The number of amides is 1. The quantitative estimate of drug-likeness (QED) is 0.411. The van der Waals surface area contributed by atoms with E-state index in [0.29, 0.717) is 0 Å². The van der Waals surface area contributed by atoms with Crippen molar-refractivity contribution in [3.05, 3.63) is 17.5 Å². The fraction of sp³-hybridized carbons (Fsp3) is 0.800. The molecular weight excluding hydrogens is 332 g/mol. The van der Waals surface area contributed by atoms with Gasteiger partial charge in [-0.1, -0.05) is 69.9 Å². The van der Waals surface area contributed by atoms with Crippen molar-refractivity contribution in [3.63, 3.8) is 0 Å². The van der Waals surface area contributed by atoms with E-state index in [-0.39, 0.29) is 18.3 Å². The molecule has 1 aromatic rings. The van der Waals surface area contributed by atoms with E-state index >= 15 is 0 Å². The van der Waals surface area contributed by atoms with Gasteiger partial charge >= 0.3 is 0 Å². The SMILES string of the molecule is CCCCCCCCCCCCc1cc(C(O)C(CO)NC(C)=O)on1. The topological polar surface area (TPSA) is 95.6 Å². The molecule has 2 atom stereocenters. The molecule has 0 aromatic carbocycles. The summed E-state index contributed by atoms with van der Waals surface area (Å²) in [6.07, 6.45) is 12.6. The van der Waals surface area contributed by atoms with Gasteiger partial charge in [-0.25, -0.2) is 0 Å². The van der Waals surface area contributed by atoms with Gasteiger partial charge in [0.15, 0.2) is 5.76 Å². The summed E-state index contributed by atoms with van der Waals surface area (Å²) < 4.78 is 5.17. The monoisotopic (exact) mass is 368 g/mol. The van der Waals surface area contributed by atoms with E-state index in [1.165, 1.54) is 64.7 Å². The van der Waals surface area contributed by atoms with Crippen LogP contribution in [0.4, 0.5) is 0 Å². The lowest BCUT2D eigenvalue weighted by Crippen LogP contribution is -2.40. The molecule has 6 nitrogen and oxygen atoms in total. The maximum Gasteiger partial charge on any atom is 0.217 e. The molecule has 0 aliphatic heterocycles. The summed E-state index contributed by atoms with van der Waals surface area (Å²) in [5.74, 6) is -0.0342. The minimum Gasteiger partial charge on any atom is -0.394 e. The van der Waals surface area contributed by atoms with Gasteiger partial charge in [0.2, 0.25) is 5.91 Å². The molecule has 26 heavy (non-hydrogen) atoms. The van der Waals surface area contributed by atoms with Crippen LogP contribution in [0.25, 0.3) is 0 Å². The molecule has 0 bridgehead atoms. The normalized spacial score (nSPS) is 13.5. The number of unbranched alkanes of at least 4 members (excludes halogenated alkanes) is 9. The van der Waals surface area contributed by atoms with Crippen molar-refractivity contribution in [1.82, 2.24) is 10.5 Å². The van der Waals surface area contributed by atoms with Crippen molar-refractivity contribution in [1.29, 1.82) is 0 Å². The number of aliphatic hydroxyl groups excluding tert-OH is 2. The molecule has 1 heterocycles. The Morgan fingerprint density at radius 1 is 1.12 bits per heavy atom. The van der Waals surface area contributed by atoms with Gasteiger partial charge in [0.25, 0.3) is 0 Å². The number of carbonyl (C=O) groups is 1. The van der Waals surface area contributed by atoms with Crippen LogP contribution in [0.1, 0.15) is 95.6 Å². The Bertz CT molecular complexity index is 490. The average molecular weight is 369 g/mol. The summed E-state index contributed by atoms with van der Waals surface area (Å²) in [6, 6.07) is 0.925. The number of hydrogen-bond donors (Lipinski definition) is 3. The Balaban J connectivity index is 2.18. The number of nitrogens with zero attached hydrogens (tertiary/aromatic N) is 1. The fourth-order valence-electron chi connectivity index (χ4n) is 3.06. The standard InChI is InChI=1S/C20H36N2O4/c1-3-4-5-6-7-8-9-10-11-12-13-17-14-19(26-22-17)20(25)18(15-23)21-16(2)24/h14,18,20,23,25H,3-13,15H2,1-2H3,(H,21,24). The molecule has 0 fully saturated rings. The third kappa shape index (κ3) is 9.34. The Labute approximate surface area is 157 Å². The summed E-state index contributed by atoms with van der Waals surface area (Å²) in [4.78, 5) is 11.1. The van der Waals surface area contributed by atoms with Gasteiger partial charge in [0.1, 0.15) is 6.10 Å². The van der Waals surface area contributed by atoms with Crippen LogP contribution in [0, 0.1) is 0 Å². The molecule has 2 unspecified atom stereocenters. The molecule has 0 aliphatic rings. The molecule has 1 rings (SSSR count). The van der Waals surface area contributed by atoms with Gasteiger partial charge < -0.3 is 20.1 Å². The number of aliphatic hydroxyl groups is 2. The summed E-state index contributed by atoms with van der Waals surface area (Å²) in [5, 5.41) is 25.9. The second-order valence-corrected chi connectivity index (χ2v) is 7.09. The maximum atomic E-state index is 11.1. The average Bonchev–Trinajstić information content (AvgIpc) is 3.09. The van der Waals surface area contributed by atoms with Crippen molar-refractivity contribution >= 4 is 5.91 Å². The van der Waals surface area contributed by atoms with E-state index < -0.39 is 12.1 Å². The molecule has 0 saturated heterocycles. The van der Waals surface area contributed by atoms with Crippen LogP contribution in [0.5, 0.6) is 0 Å². The highest BCUT2D eigenvalue weighted by Gasteiger charge is 2.24. The van der Waals surface area contributed by atoms with Crippen LogP contribution in [0.3, 0.4) is 0 Å². The highest BCUT2D eigenvalue weighted by Crippen LogP contribution is 2.19. The highest BCUT2D eigenvalue weighted by molar-refractivity contribution is 5.73. The molecule has 0 spiro atoms. The summed E-state index contributed by atoms with van der Waals surface area (Å²) >= 11 is 0. The van der Waals surface area contributed by atoms with Gasteiger partial charge in [-0.2, -0.15) is 0 Å². The fourth-order valence-corrected chi connectivity index (χ4v) is 3.06. The van der Waals surface area contributed by atoms with Gasteiger partial charge in [-0.3, -0.25) is 4.79 Å². The van der Waals surface area contributed by atoms with Crippen LogP contribution < -0.4 is 5.32 Å². The van der Waals surface area contributed by atoms with Gasteiger partial charge in [0.05, 0.1) is 18.3 Å². The maximum absolute atomic E-state index is 11.1. The van der Waals surface area contributed by atoms with Crippen molar-refractivity contribution in [2.45, 2.75) is 96.6 Å². The van der Waals surface area contributed by atoms with Crippen molar-refractivity contribution in [2.75, 3.05) is 6.61 Å². The third-order valence-electron chi connectivity index (χ3n) is 4.62. The summed E-state index contributed by atoms with van der Waals surface area (Å²) in [5.41, 5.74) is 0.804. The van der Waals surface area contributed by atoms with Crippen LogP contribution in [-0.2, 0) is 11.2 Å². The van der Waals surface area contributed by atoms with E-state index in [4.69, 9.17) is 4.52 Å². The first-order valence-electron chi connectivity index (χ1n) is 10.1. The molecule has 1 aromatic heterocycles. The number of rotatable bonds is 15. The molecule has 0 radical (unpaired) electrons. The Hall–Kier alpha value is -1.40. The zero-order valence-electron chi connectivity index (χ0n) is 16.4. The number of carbonyl (C=O) groups excluding carboxylic acids is 1. The molecular formula is C20H36N2O4. The van der Waals surface area contributed by atoms with Gasteiger partial charge in [-0.05, 0) is 12.8 Å². The molecule has 150 valence electrons. The van der Waals surface area contributed by atoms with Crippen LogP contribution >= 0.6 is 0 Å². The molecule has 6 heteroatoms. The number of aromatic nitrogens is 1. The van der Waals surface area contributed by atoms with Gasteiger partial charge in [-0.15, -0.1) is 0 Å². The van der Waals surface area contributed by atoms with E-state index in [9.17, 15) is 15.0 Å². The van der Waals surface area contributed by atoms with E-state index in [1.54, 1.807) is 6.07 Å². The Morgan fingerprint density at radius 2 is 1.69 bits per heavy atom. The van der Waals surface area contributed by atoms with Crippen LogP contribution in [0.2, 0.25) is 0 Å². The predicted molar refractivity (Wildman–Crippen MR) is 102 cm³/mol. The second-order valence-electron chi connectivity index (χ2n) is 7.09. The van der Waals surface area contributed by atoms with Gasteiger partial charge in [0, 0.05) is 13.0 Å². The first-order valence-corrected chi connectivity index (χ1v) is 10.1. The summed E-state index contributed by atoms with van der Waals surface area (Å²) in [7, 11) is 0. The molecule has 0 saturated carbocycles. The minimum atomic E-state index is -1.10. The molecule has 1 amide bonds. The lowest BCUT2D eigenvalue weighted by molar-refractivity contribution is -0.121. The van der Waals surface area contributed by atoms with E-state index in [0.717, 1.165) is 18.5 Å².